The van der Waals surface area contributed by atoms with Crippen molar-refractivity contribution in [1.82, 2.24) is 5.32 Å². The summed E-state index contributed by atoms with van der Waals surface area (Å²) in [4.78, 5) is 0. The van der Waals surface area contributed by atoms with E-state index in [0.29, 0.717) is 12.6 Å². The molecule has 0 bridgehead atoms. The van der Waals surface area contributed by atoms with Crippen molar-refractivity contribution < 1.29 is 5.11 Å². The molecule has 0 heterocycles. The fraction of sp³-hybridized carbons (Fsp3) is 1.00. The van der Waals surface area contributed by atoms with Gasteiger partial charge in [-0.1, -0.05) is 32.6 Å². The Kier molecular flexibility index (Phi) is 4.87. The van der Waals surface area contributed by atoms with Crippen molar-refractivity contribution >= 4 is 0 Å². The van der Waals surface area contributed by atoms with Crippen LogP contribution in [0.1, 0.15) is 71.1 Å². The molecule has 0 amide bonds. The summed E-state index contributed by atoms with van der Waals surface area (Å²) < 4.78 is 0. The minimum Gasteiger partial charge on any atom is -0.394 e. The van der Waals surface area contributed by atoms with Gasteiger partial charge in [0.05, 0.1) is 6.61 Å². The number of aliphatic hydroxyl groups excluding tert-OH is 1. The first kappa shape index (κ1) is 13.4. The van der Waals surface area contributed by atoms with E-state index in [0.717, 1.165) is 5.92 Å². The van der Waals surface area contributed by atoms with Crippen LogP contribution in [0.15, 0.2) is 0 Å². The van der Waals surface area contributed by atoms with Gasteiger partial charge in [0, 0.05) is 11.6 Å². The maximum Gasteiger partial charge on any atom is 0.0613 e. The maximum atomic E-state index is 9.71. The van der Waals surface area contributed by atoms with Crippen LogP contribution in [0.5, 0.6) is 0 Å². The van der Waals surface area contributed by atoms with Crippen molar-refractivity contribution in [3.63, 3.8) is 0 Å². The standard InChI is InChI=1S/C15H29NO/c1-2-13-6-8-14(9-7-13)16-15(12-17)10-4-3-5-11-15/h13-14,16-17H,2-12H2,1H3. The van der Waals surface area contributed by atoms with Crippen molar-refractivity contribution in [2.45, 2.75) is 82.7 Å². The van der Waals surface area contributed by atoms with E-state index in [1.165, 1.54) is 64.2 Å². The molecule has 0 unspecified atom stereocenters. The molecule has 2 saturated carbocycles. The summed E-state index contributed by atoms with van der Waals surface area (Å²) in [6, 6.07) is 0.669. The lowest BCUT2D eigenvalue weighted by Gasteiger charge is -2.41. The Morgan fingerprint density at radius 2 is 1.71 bits per heavy atom. The zero-order chi connectivity index (χ0) is 12.1. The molecule has 2 aliphatic rings. The Hall–Kier alpha value is -0.0800. The molecule has 2 fully saturated rings. The minimum atomic E-state index is 0.0714. The molecule has 2 nitrogen and oxygen atoms in total. The van der Waals surface area contributed by atoms with Crippen LogP contribution in [0.3, 0.4) is 0 Å². The molecular weight excluding hydrogens is 210 g/mol. The van der Waals surface area contributed by atoms with Crippen LogP contribution in [0.2, 0.25) is 0 Å². The number of hydrogen-bond donors (Lipinski definition) is 2. The van der Waals surface area contributed by atoms with Gasteiger partial charge in [0.15, 0.2) is 0 Å². The second-order valence-electron chi connectivity index (χ2n) is 6.27. The molecule has 0 aromatic rings. The quantitative estimate of drug-likeness (QED) is 0.789. The summed E-state index contributed by atoms with van der Waals surface area (Å²) in [5, 5.41) is 13.5. The molecule has 0 aliphatic heterocycles. The average Bonchev–Trinajstić information content (AvgIpc) is 2.41. The predicted octanol–water partition coefficient (Wildman–Crippen LogP) is 3.24. The van der Waals surface area contributed by atoms with E-state index in [1.807, 2.05) is 0 Å². The molecular formula is C15H29NO. The number of nitrogens with one attached hydrogen (secondary N) is 1. The summed E-state index contributed by atoms with van der Waals surface area (Å²) in [6.45, 7) is 2.65. The smallest absolute Gasteiger partial charge is 0.0613 e. The zero-order valence-electron chi connectivity index (χ0n) is 11.4. The summed E-state index contributed by atoms with van der Waals surface area (Å²) in [5.74, 6) is 0.962. The van der Waals surface area contributed by atoms with Crippen LogP contribution in [0.25, 0.3) is 0 Å². The summed E-state index contributed by atoms with van der Waals surface area (Å²) in [7, 11) is 0. The second-order valence-corrected chi connectivity index (χ2v) is 6.27. The van der Waals surface area contributed by atoms with Crippen molar-refractivity contribution in [1.29, 1.82) is 0 Å². The highest BCUT2D eigenvalue weighted by atomic mass is 16.3. The topological polar surface area (TPSA) is 32.3 Å². The van der Waals surface area contributed by atoms with Crippen LogP contribution in [0.4, 0.5) is 0 Å². The minimum absolute atomic E-state index is 0.0714. The Labute approximate surface area is 106 Å². The Morgan fingerprint density at radius 3 is 2.24 bits per heavy atom. The first-order valence-electron chi connectivity index (χ1n) is 7.66. The van der Waals surface area contributed by atoms with Gasteiger partial charge in [-0.25, -0.2) is 0 Å². The predicted molar refractivity (Wildman–Crippen MR) is 72.1 cm³/mol. The van der Waals surface area contributed by atoms with Crippen molar-refractivity contribution in [3.05, 3.63) is 0 Å². The SMILES string of the molecule is CCC1CCC(NC2(CO)CCCCC2)CC1. The molecule has 2 aliphatic carbocycles. The second kappa shape index (κ2) is 6.19. The van der Waals surface area contributed by atoms with Crippen molar-refractivity contribution in [2.75, 3.05) is 6.61 Å². The highest BCUT2D eigenvalue weighted by Crippen LogP contribution is 2.32. The van der Waals surface area contributed by atoms with Crippen LogP contribution in [-0.2, 0) is 0 Å². The highest BCUT2D eigenvalue weighted by Gasteiger charge is 2.34. The molecule has 2 N–H and O–H groups in total. The fourth-order valence-corrected chi connectivity index (χ4v) is 3.72. The molecule has 0 saturated heterocycles. The number of hydrogen-bond acceptors (Lipinski definition) is 2. The molecule has 0 spiro atoms. The van der Waals surface area contributed by atoms with Crippen molar-refractivity contribution in [2.24, 2.45) is 5.92 Å². The van der Waals surface area contributed by atoms with Crippen LogP contribution in [-0.4, -0.2) is 23.3 Å². The van der Waals surface area contributed by atoms with E-state index in [9.17, 15) is 5.11 Å². The molecule has 0 aromatic carbocycles. The largest absolute Gasteiger partial charge is 0.394 e. The number of aliphatic hydroxyl groups is 1. The monoisotopic (exact) mass is 239 g/mol. The maximum absolute atomic E-state index is 9.71. The highest BCUT2D eigenvalue weighted by molar-refractivity contribution is 4.93. The van der Waals surface area contributed by atoms with Gasteiger partial charge in [-0.05, 0) is 44.4 Å². The Balaban J connectivity index is 1.82. The molecule has 0 radical (unpaired) electrons. The lowest BCUT2D eigenvalue weighted by Crippen LogP contribution is -2.54. The fourth-order valence-electron chi connectivity index (χ4n) is 3.72. The van der Waals surface area contributed by atoms with Crippen LogP contribution >= 0.6 is 0 Å². The van der Waals surface area contributed by atoms with Crippen LogP contribution < -0.4 is 5.32 Å². The lowest BCUT2D eigenvalue weighted by molar-refractivity contribution is 0.0969. The van der Waals surface area contributed by atoms with Gasteiger partial charge in [0.2, 0.25) is 0 Å². The van der Waals surface area contributed by atoms with E-state index in [4.69, 9.17) is 0 Å². The van der Waals surface area contributed by atoms with Gasteiger partial charge in [0.1, 0.15) is 0 Å². The van der Waals surface area contributed by atoms with Crippen LogP contribution in [0, 0.1) is 5.92 Å². The first-order valence-corrected chi connectivity index (χ1v) is 7.66. The van der Waals surface area contributed by atoms with Gasteiger partial charge in [-0.3, -0.25) is 0 Å². The zero-order valence-corrected chi connectivity index (χ0v) is 11.4. The lowest BCUT2D eigenvalue weighted by atomic mass is 9.79. The van der Waals surface area contributed by atoms with E-state index in [-0.39, 0.29) is 5.54 Å². The van der Waals surface area contributed by atoms with E-state index >= 15 is 0 Å². The van der Waals surface area contributed by atoms with Gasteiger partial charge in [-0.2, -0.15) is 0 Å². The van der Waals surface area contributed by atoms with Crippen molar-refractivity contribution in [3.8, 4) is 0 Å². The summed E-state index contributed by atoms with van der Waals surface area (Å²) in [5.41, 5.74) is 0.0714. The summed E-state index contributed by atoms with van der Waals surface area (Å²) >= 11 is 0. The average molecular weight is 239 g/mol. The Morgan fingerprint density at radius 1 is 1.06 bits per heavy atom. The molecule has 100 valence electrons. The molecule has 2 rings (SSSR count). The Bertz CT molecular complexity index is 215. The molecule has 0 atom stereocenters. The normalized spacial score (nSPS) is 33.5. The molecule has 17 heavy (non-hydrogen) atoms. The van der Waals surface area contributed by atoms with Gasteiger partial charge in [0.25, 0.3) is 0 Å². The molecule has 2 heteroatoms. The van der Waals surface area contributed by atoms with E-state index in [2.05, 4.69) is 12.2 Å². The van der Waals surface area contributed by atoms with Gasteiger partial charge in [-0.15, -0.1) is 0 Å². The molecule has 0 aromatic heterocycles. The summed E-state index contributed by atoms with van der Waals surface area (Å²) in [6.07, 6.45) is 13.0. The van der Waals surface area contributed by atoms with E-state index < -0.39 is 0 Å². The third-order valence-corrected chi connectivity index (χ3v) is 5.05. The van der Waals surface area contributed by atoms with E-state index in [1.54, 1.807) is 0 Å². The third-order valence-electron chi connectivity index (χ3n) is 5.05. The third kappa shape index (κ3) is 3.45. The number of rotatable bonds is 4. The van der Waals surface area contributed by atoms with Gasteiger partial charge >= 0.3 is 0 Å². The van der Waals surface area contributed by atoms with Gasteiger partial charge < -0.3 is 10.4 Å². The first-order chi connectivity index (χ1) is 8.28.